The lowest BCUT2D eigenvalue weighted by atomic mass is 9.73. The van der Waals surface area contributed by atoms with Crippen LogP contribution in [0.25, 0.3) is 28.1 Å². The molecule has 0 spiro atoms. The number of nitrogens with zero attached hydrogens (tertiary/aromatic N) is 1. The van der Waals surface area contributed by atoms with Crippen molar-refractivity contribution in [3.8, 4) is 0 Å². The molecule has 4 nitrogen and oxygen atoms in total. The van der Waals surface area contributed by atoms with E-state index in [0.29, 0.717) is 16.8 Å². The van der Waals surface area contributed by atoms with Crippen LogP contribution in [0.15, 0.2) is 78.9 Å². The summed E-state index contributed by atoms with van der Waals surface area (Å²) in [4.78, 5) is 11.6. The Kier molecular flexibility index (Phi) is 6.09. The Morgan fingerprint density at radius 2 is 1.74 bits per heavy atom. The van der Waals surface area contributed by atoms with Crippen LogP contribution in [0.1, 0.15) is 41.5 Å². The lowest BCUT2D eigenvalue weighted by Crippen LogP contribution is -2.15. The van der Waals surface area contributed by atoms with Gasteiger partial charge >= 0.3 is 0 Å². The number of allylic oxidation sites excluding steroid dienone is 1. The van der Waals surface area contributed by atoms with Crippen molar-refractivity contribution in [2.75, 3.05) is 7.05 Å². The van der Waals surface area contributed by atoms with E-state index < -0.39 is 5.95 Å². The first-order valence-electron chi connectivity index (χ1n) is 11.6. The lowest BCUT2D eigenvalue weighted by molar-refractivity contribution is -0.115. The summed E-state index contributed by atoms with van der Waals surface area (Å²) in [6.45, 7) is 0. The van der Waals surface area contributed by atoms with E-state index in [4.69, 9.17) is 0 Å². The van der Waals surface area contributed by atoms with Crippen LogP contribution in [0.4, 0.5) is 4.39 Å². The summed E-state index contributed by atoms with van der Waals surface area (Å²) < 4.78 is 14.4. The normalized spacial score (nSPS) is 14.8. The number of carbonyl (C=O) groups excluding carboxylic acids is 1. The van der Waals surface area contributed by atoms with Crippen LogP contribution in [0.2, 0.25) is 0 Å². The number of fused-ring (bicyclic) bond motifs is 1. The molecule has 1 amide bonds. The molecular weight excluding hydrogens is 425 g/mol. The molecule has 1 aliphatic rings. The summed E-state index contributed by atoms with van der Waals surface area (Å²) in [6, 6.07) is 24.5. The van der Waals surface area contributed by atoms with Crippen molar-refractivity contribution in [2.45, 2.75) is 19.3 Å². The Labute approximate surface area is 198 Å². The molecule has 170 valence electrons. The van der Waals surface area contributed by atoms with Crippen molar-refractivity contribution in [3.05, 3.63) is 107 Å². The molecular formula is C29H26FN3O. The molecule has 2 N–H and O–H groups in total. The van der Waals surface area contributed by atoms with Gasteiger partial charge in [-0.3, -0.25) is 9.89 Å². The van der Waals surface area contributed by atoms with Gasteiger partial charge in [-0.1, -0.05) is 67.1 Å². The van der Waals surface area contributed by atoms with E-state index in [9.17, 15) is 9.18 Å². The fourth-order valence-corrected chi connectivity index (χ4v) is 4.53. The fourth-order valence-electron chi connectivity index (χ4n) is 4.53. The third-order valence-corrected chi connectivity index (χ3v) is 6.55. The summed E-state index contributed by atoms with van der Waals surface area (Å²) in [5.74, 6) is -0.178. The average Bonchev–Trinajstić information content (AvgIpc) is 3.22. The number of aromatic amines is 1. The number of amides is 1. The van der Waals surface area contributed by atoms with Gasteiger partial charge in [0.2, 0.25) is 11.9 Å². The number of rotatable bonds is 6. The van der Waals surface area contributed by atoms with Crippen LogP contribution in [0.3, 0.4) is 0 Å². The molecule has 0 aliphatic heterocycles. The van der Waals surface area contributed by atoms with Crippen LogP contribution < -0.4 is 5.32 Å². The first-order chi connectivity index (χ1) is 16.6. The summed E-state index contributed by atoms with van der Waals surface area (Å²) in [5.41, 5.74) is 7.24. The highest BCUT2D eigenvalue weighted by atomic mass is 19.1. The lowest BCUT2D eigenvalue weighted by Gasteiger charge is -2.31. The maximum absolute atomic E-state index is 14.4. The molecule has 1 saturated carbocycles. The van der Waals surface area contributed by atoms with Gasteiger partial charge in [-0.25, -0.2) is 0 Å². The van der Waals surface area contributed by atoms with Crippen LogP contribution in [0.5, 0.6) is 0 Å². The van der Waals surface area contributed by atoms with Gasteiger partial charge in [-0.05, 0) is 70.4 Å². The zero-order chi connectivity index (χ0) is 23.5. The predicted molar refractivity (Wildman–Crippen MR) is 135 cm³/mol. The van der Waals surface area contributed by atoms with Gasteiger partial charge in [0, 0.05) is 13.1 Å². The highest BCUT2D eigenvalue weighted by Crippen LogP contribution is 2.45. The van der Waals surface area contributed by atoms with E-state index in [1.165, 1.54) is 23.6 Å². The van der Waals surface area contributed by atoms with Gasteiger partial charge in [0.25, 0.3) is 0 Å². The number of H-pyrrole nitrogens is 1. The number of halogens is 1. The van der Waals surface area contributed by atoms with E-state index in [-0.39, 0.29) is 5.91 Å². The molecule has 0 atom stereocenters. The van der Waals surface area contributed by atoms with Crippen LogP contribution >= 0.6 is 0 Å². The average molecular weight is 452 g/mol. The van der Waals surface area contributed by atoms with Crippen molar-refractivity contribution in [1.82, 2.24) is 15.5 Å². The second kappa shape index (κ2) is 9.48. The molecule has 1 heterocycles. The zero-order valence-electron chi connectivity index (χ0n) is 19.0. The Morgan fingerprint density at radius 3 is 2.41 bits per heavy atom. The minimum Gasteiger partial charge on any atom is -0.356 e. The van der Waals surface area contributed by atoms with E-state index in [2.05, 4.69) is 51.9 Å². The standard InChI is InChI=1S/C29H26FN3O/c1-31-26(34)17-12-19-10-13-22(14-11-19)28(23-15-16-25-24(18-23)29(30)33-32-25)27(21-8-5-9-21)20-6-3-2-4-7-20/h2-4,6-7,10-18,21H,5,8-9H2,1H3,(H,31,34)(H,32,33)/b17-12+,28-27-. The van der Waals surface area contributed by atoms with E-state index in [1.807, 2.05) is 36.4 Å². The first kappa shape index (κ1) is 21.8. The monoisotopic (exact) mass is 451 g/mol. The number of hydrogen-bond donors (Lipinski definition) is 2. The van der Waals surface area contributed by atoms with Gasteiger partial charge in [0.1, 0.15) is 0 Å². The second-order valence-corrected chi connectivity index (χ2v) is 8.63. The molecule has 0 saturated heterocycles. The van der Waals surface area contributed by atoms with Gasteiger partial charge in [-0.2, -0.15) is 4.39 Å². The highest BCUT2D eigenvalue weighted by Gasteiger charge is 2.27. The third kappa shape index (κ3) is 4.29. The van der Waals surface area contributed by atoms with Crippen LogP contribution in [-0.2, 0) is 4.79 Å². The molecule has 0 radical (unpaired) electrons. The topological polar surface area (TPSA) is 57.8 Å². The summed E-state index contributed by atoms with van der Waals surface area (Å²) >= 11 is 0. The summed E-state index contributed by atoms with van der Waals surface area (Å²) in [5, 5.41) is 9.57. The third-order valence-electron chi connectivity index (χ3n) is 6.55. The molecule has 1 aromatic heterocycles. The minimum absolute atomic E-state index is 0.142. The molecule has 4 aromatic rings. The van der Waals surface area contributed by atoms with Crippen LogP contribution in [0, 0.1) is 11.9 Å². The number of carbonyl (C=O) groups is 1. The number of benzene rings is 3. The maximum atomic E-state index is 14.4. The van der Waals surface area contributed by atoms with Crippen molar-refractivity contribution >= 4 is 34.0 Å². The minimum atomic E-state index is -0.490. The number of hydrogen-bond acceptors (Lipinski definition) is 2. The predicted octanol–water partition coefficient (Wildman–Crippen LogP) is 6.22. The van der Waals surface area contributed by atoms with E-state index in [1.54, 1.807) is 13.1 Å². The van der Waals surface area contributed by atoms with Gasteiger partial charge < -0.3 is 5.32 Å². The van der Waals surface area contributed by atoms with Crippen molar-refractivity contribution in [1.29, 1.82) is 0 Å². The molecule has 3 aromatic carbocycles. The van der Waals surface area contributed by atoms with Crippen LogP contribution in [-0.4, -0.2) is 23.2 Å². The highest BCUT2D eigenvalue weighted by molar-refractivity contribution is 6.01. The van der Waals surface area contributed by atoms with Crippen molar-refractivity contribution in [2.24, 2.45) is 5.92 Å². The fraction of sp³-hybridized carbons (Fsp3) is 0.172. The van der Waals surface area contributed by atoms with E-state index in [0.717, 1.165) is 35.1 Å². The number of aromatic nitrogens is 2. The number of likely N-dealkylation sites (N-methyl/N-ethyl adjacent to an activating group) is 1. The molecule has 5 heteroatoms. The van der Waals surface area contributed by atoms with Gasteiger partial charge in [-0.15, -0.1) is 5.10 Å². The Bertz CT molecular complexity index is 1380. The quantitative estimate of drug-likeness (QED) is 0.270. The molecule has 34 heavy (non-hydrogen) atoms. The van der Waals surface area contributed by atoms with E-state index >= 15 is 0 Å². The van der Waals surface area contributed by atoms with Gasteiger partial charge in [0.05, 0.1) is 10.9 Å². The Morgan fingerprint density at radius 1 is 1.00 bits per heavy atom. The molecule has 1 aliphatic carbocycles. The first-order valence-corrected chi connectivity index (χ1v) is 11.6. The smallest absolute Gasteiger partial charge is 0.243 e. The SMILES string of the molecule is CNC(=O)/C=C/c1ccc(/C(=C(\c2ccccc2)C2CCC2)c2ccc3[nH]nc(F)c3c2)cc1. The zero-order valence-corrected chi connectivity index (χ0v) is 19.0. The van der Waals surface area contributed by atoms with Crippen molar-refractivity contribution < 1.29 is 9.18 Å². The molecule has 1 fully saturated rings. The van der Waals surface area contributed by atoms with Gasteiger partial charge in [0.15, 0.2) is 0 Å². The summed E-state index contributed by atoms with van der Waals surface area (Å²) in [7, 11) is 1.61. The van der Waals surface area contributed by atoms with Crippen molar-refractivity contribution in [3.63, 3.8) is 0 Å². The second-order valence-electron chi connectivity index (χ2n) is 8.63. The Hall–Kier alpha value is -3.99. The molecule has 0 unspecified atom stereocenters. The largest absolute Gasteiger partial charge is 0.356 e. The summed E-state index contributed by atoms with van der Waals surface area (Å²) in [6.07, 6.45) is 6.81. The molecule has 5 rings (SSSR count). The maximum Gasteiger partial charge on any atom is 0.243 e. The Balaban J connectivity index is 1.69. The number of nitrogens with one attached hydrogen (secondary N) is 2. The molecule has 0 bridgehead atoms.